The third-order valence-electron chi connectivity index (χ3n) is 3.53. The molecule has 0 aliphatic carbocycles. The molecular weight excluding hydrogens is 367 g/mol. The van der Waals surface area contributed by atoms with Crippen LogP contribution in [0.3, 0.4) is 0 Å². The summed E-state index contributed by atoms with van der Waals surface area (Å²) in [5, 5.41) is 12.1. The van der Waals surface area contributed by atoms with Gasteiger partial charge >= 0.3 is 18.0 Å². The number of halogens is 3. The number of benzene rings is 1. The van der Waals surface area contributed by atoms with E-state index < -0.39 is 18.0 Å². The maximum atomic E-state index is 12.6. The summed E-state index contributed by atoms with van der Waals surface area (Å²) in [6, 6.07) is 5.66. The van der Waals surface area contributed by atoms with Crippen molar-refractivity contribution in [2.75, 3.05) is 13.1 Å². The van der Waals surface area contributed by atoms with Gasteiger partial charge in [-0.25, -0.2) is 0 Å². The first-order valence-corrected chi connectivity index (χ1v) is 8.10. The predicted octanol–water partition coefficient (Wildman–Crippen LogP) is 3.33. The molecule has 0 aliphatic rings. The smallest absolute Gasteiger partial charge is 0.471 e. The topological polar surface area (TPSA) is 96.5 Å². The number of carbonyl (C=O) groups is 2. The first-order chi connectivity index (χ1) is 12.6. The molecule has 0 atom stereocenters. The average Bonchev–Trinajstić information content (AvgIpc) is 3.08. The fraction of sp³-hybridized carbons (Fsp3) is 0.412. The third-order valence-corrected chi connectivity index (χ3v) is 3.53. The van der Waals surface area contributed by atoms with Crippen molar-refractivity contribution in [2.45, 2.75) is 26.4 Å². The van der Waals surface area contributed by atoms with Crippen LogP contribution in [0, 0.1) is 5.92 Å². The number of aromatic nitrogens is 2. The number of amides is 1. The fourth-order valence-electron chi connectivity index (χ4n) is 2.35. The van der Waals surface area contributed by atoms with Gasteiger partial charge in [-0.05, 0) is 18.1 Å². The number of carboxylic acids is 1. The first kappa shape index (κ1) is 20.4. The highest BCUT2D eigenvalue weighted by Crippen LogP contribution is 2.29. The summed E-state index contributed by atoms with van der Waals surface area (Å²) in [6.45, 7) is 4.25. The van der Waals surface area contributed by atoms with E-state index in [1.807, 2.05) is 13.8 Å². The fourth-order valence-corrected chi connectivity index (χ4v) is 2.35. The summed E-state index contributed by atoms with van der Waals surface area (Å²) >= 11 is 0. The van der Waals surface area contributed by atoms with Gasteiger partial charge < -0.3 is 14.5 Å². The lowest BCUT2D eigenvalue weighted by Gasteiger charge is -2.24. The van der Waals surface area contributed by atoms with E-state index in [2.05, 4.69) is 14.7 Å². The molecule has 7 nitrogen and oxygen atoms in total. The second-order valence-electron chi connectivity index (χ2n) is 6.29. The lowest BCUT2D eigenvalue weighted by atomic mass is 10.1. The molecule has 1 heterocycles. The van der Waals surface area contributed by atoms with E-state index in [0.29, 0.717) is 6.54 Å². The molecule has 1 aromatic heterocycles. The van der Waals surface area contributed by atoms with Crippen molar-refractivity contribution < 1.29 is 32.4 Å². The zero-order valence-corrected chi connectivity index (χ0v) is 14.7. The van der Waals surface area contributed by atoms with Gasteiger partial charge in [0.05, 0.1) is 6.42 Å². The Morgan fingerprint density at radius 1 is 1.22 bits per heavy atom. The molecule has 1 amide bonds. The van der Waals surface area contributed by atoms with Gasteiger partial charge in [-0.1, -0.05) is 31.1 Å². The molecule has 2 rings (SSSR count). The summed E-state index contributed by atoms with van der Waals surface area (Å²) in [7, 11) is 0. The number of aliphatic carboxylic acids is 1. The Kier molecular flexibility index (Phi) is 6.19. The first-order valence-electron chi connectivity index (χ1n) is 8.10. The largest absolute Gasteiger partial charge is 0.481 e. The Labute approximate surface area is 152 Å². The monoisotopic (exact) mass is 385 g/mol. The molecular formula is C17H18F3N3O4. The summed E-state index contributed by atoms with van der Waals surface area (Å²) < 4.78 is 41.7. The van der Waals surface area contributed by atoms with Crippen LogP contribution in [0.1, 0.15) is 36.5 Å². The molecule has 146 valence electrons. The van der Waals surface area contributed by atoms with Crippen LogP contribution in [0.5, 0.6) is 0 Å². The number of rotatable bonds is 7. The van der Waals surface area contributed by atoms with Crippen molar-refractivity contribution in [3.63, 3.8) is 0 Å². The molecule has 0 radical (unpaired) electrons. The van der Waals surface area contributed by atoms with Crippen molar-refractivity contribution in [3.05, 3.63) is 35.7 Å². The average molecular weight is 385 g/mol. The van der Waals surface area contributed by atoms with Gasteiger partial charge in [0, 0.05) is 24.2 Å². The Morgan fingerprint density at radius 3 is 2.33 bits per heavy atom. The molecule has 0 bridgehead atoms. The number of hydrogen-bond donors (Lipinski definition) is 1. The highest BCUT2D eigenvalue weighted by molar-refractivity contribution is 5.94. The number of carbonyl (C=O) groups excluding carboxylic acids is 1. The van der Waals surface area contributed by atoms with Gasteiger partial charge in [-0.2, -0.15) is 18.2 Å². The van der Waals surface area contributed by atoms with Crippen molar-refractivity contribution >= 4 is 11.9 Å². The van der Waals surface area contributed by atoms with E-state index >= 15 is 0 Å². The molecule has 27 heavy (non-hydrogen) atoms. The molecule has 10 heteroatoms. The standard InChI is InChI=1S/C17H18F3N3O4/c1-10(2)9-23(8-7-13(24)25)15(26)12-5-3-11(4-6-12)14-21-16(27-22-14)17(18,19)20/h3-6,10H,7-9H2,1-2H3,(H,24,25). The van der Waals surface area contributed by atoms with E-state index in [1.165, 1.54) is 29.2 Å². The zero-order valence-electron chi connectivity index (χ0n) is 14.7. The minimum Gasteiger partial charge on any atom is -0.481 e. The lowest BCUT2D eigenvalue weighted by molar-refractivity contribution is -0.159. The highest BCUT2D eigenvalue weighted by Gasteiger charge is 2.38. The lowest BCUT2D eigenvalue weighted by Crippen LogP contribution is -2.35. The van der Waals surface area contributed by atoms with Crippen molar-refractivity contribution in [1.82, 2.24) is 15.0 Å². The molecule has 1 N–H and O–H groups in total. The van der Waals surface area contributed by atoms with Gasteiger partial charge in [0.25, 0.3) is 5.91 Å². The van der Waals surface area contributed by atoms with Crippen LogP contribution in [0.2, 0.25) is 0 Å². The van der Waals surface area contributed by atoms with Crippen LogP contribution in [0.15, 0.2) is 28.8 Å². The van der Waals surface area contributed by atoms with E-state index in [1.54, 1.807) is 0 Å². The number of nitrogens with zero attached hydrogens (tertiary/aromatic N) is 3. The zero-order chi connectivity index (χ0) is 20.2. The Balaban J connectivity index is 2.17. The van der Waals surface area contributed by atoms with Crippen LogP contribution in [0.4, 0.5) is 13.2 Å². The quantitative estimate of drug-likeness (QED) is 0.785. The van der Waals surface area contributed by atoms with E-state index in [4.69, 9.17) is 5.11 Å². The van der Waals surface area contributed by atoms with Crippen LogP contribution in [-0.2, 0) is 11.0 Å². The van der Waals surface area contributed by atoms with Crippen LogP contribution < -0.4 is 0 Å². The van der Waals surface area contributed by atoms with Crippen molar-refractivity contribution in [2.24, 2.45) is 5.92 Å². The number of hydrogen-bond acceptors (Lipinski definition) is 5. The molecule has 1 aromatic carbocycles. The predicted molar refractivity (Wildman–Crippen MR) is 87.7 cm³/mol. The minimum absolute atomic E-state index is 0.0634. The third kappa shape index (κ3) is 5.53. The Hall–Kier alpha value is -2.91. The number of alkyl halides is 3. The summed E-state index contributed by atoms with van der Waals surface area (Å²) in [4.78, 5) is 28.1. The van der Waals surface area contributed by atoms with Gasteiger partial charge in [-0.3, -0.25) is 9.59 Å². The summed E-state index contributed by atoms with van der Waals surface area (Å²) in [6.07, 6.45) is -4.91. The second kappa shape index (κ2) is 8.19. The van der Waals surface area contributed by atoms with E-state index in [9.17, 15) is 22.8 Å². The Morgan fingerprint density at radius 2 is 1.85 bits per heavy atom. The van der Waals surface area contributed by atoms with E-state index in [0.717, 1.165) is 0 Å². The van der Waals surface area contributed by atoms with E-state index in [-0.39, 0.29) is 41.7 Å². The Bertz CT molecular complexity index is 801. The maximum absolute atomic E-state index is 12.6. The molecule has 0 aliphatic heterocycles. The van der Waals surface area contributed by atoms with Crippen molar-refractivity contribution in [1.29, 1.82) is 0 Å². The molecule has 0 spiro atoms. The van der Waals surface area contributed by atoms with Crippen LogP contribution in [-0.4, -0.2) is 45.1 Å². The van der Waals surface area contributed by atoms with Gasteiger partial charge in [0.1, 0.15) is 0 Å². The van der Waals surface area contributed by atoms with Gasteiger partial charge in [0.15, 0.2) is 0 Å². The summed E-state index contributed by atoms with van der Waals surface area (Å²) in [5.74, 6) is -2.92. The van der Waals surface area contributed by atoms with Crippen LogP contribution >= 0.6 is 0 Å². The molecule has 0 saturated carbocycles. The second-order valence-corrected chi connectivity index (χ2v) is 6.29. The number of carboxylic acid groups (broad SMARTS) is 1. The molecule has 0 unspecified atom stereocenters. The molecule has 2 aromatic rings. The van der Waals surface area contributed by atoms with Gasteiger partial charge in [0.2, 0.25) is 5.82 Å². The van der Waals surface area contributed by atoms with Crippen LogP contribution in [0.25, 0.3) is 11.4 Å². The van der Waals surface area contributed by atoms with Gasteiger partial charge in [-0.15, -0.1) is 0 Å². The summed E-state index contributed by atoms with van der Waals surface area (Å²) in [5.41, 5.74) is 0.538. The highest BCUT2D eigenvalue weighted by atomic mass is 19.4. The van der Waals surface area contributed by atoms with Crippen molar-refractivity contribution in [3.8, 4) is 11.4 Å². The molecule has 0 saturated heterocycles. The SMILES string of the molecule is CC(C)CN(CCC(=O)O)C(=O)c1ccc(-c2noc(C(F)(F)F)n2)cc1. The minimum atomic E-state index is -4.73. The molecule has 0 fully saturated rings. The maximum Gasteiger partial charge on any atom is 0.471 e. The normalized spacial score (nSPS) is 11.6.